The van der Waals surface area contributed by atoms with Crippen LogP contribution in [0.4, 0.5) is 5.69 Å². The number of piperidine rings is 1. The number of carbonyl (C=O) groups excluding carboxylic acids is 2. The second kappa shape index (κ2) is 7.92. The molecule has 1 aromatic rings. The second-order valence-electron chi connectivity index (χ2n) is 5.40. The summed E-state index contributed by atoms with van der Waals surface area (Å²) < 4.78 is 4.98. The number of nitrogens with zero attached hydrogens (tertiary/aromatic N) is 1. The molecule has 0 radical (unpaired) electrons. The lowest BCUT2D eigenvalue weighted by atomic mass is 9.97. The van der Waals surface area contributed by atoms with Gasteiger partial charge in [0.05, 0.1) is 12.2 Å². The molecule has 0 spiro atoms. The van der Waals surface area contributed by atoms with E-state index in [-0.39, 0.29) is 17.8 Å². The van der Waals surface area contributed by atoms with Crippen LogP contribution in [0.3, 0.4) is 0 Å². The van der Waals surface area contributed by atoms with E-state index in [0.29, 0.717) is 43.2 Å². The second-order valence-corrected chi connectivity index (χ2v) is 5.78. The molecule has 0 aliphatic carbocycles. The molecule has 0 atom stereocenters. The van der Waals surface area contributed by atoms with Gasteiger partial charge in [-0.25, -0.2) is 4.79 Å². The number of rotatable bonds is 4. The Kier molecular flexibility index (Phi) is 5.92. The summed E-state index contributed by atoms with van der Waals surface area (Å²) in [7, 11) is 0. The number of thiocarbonyl (C=S) groups is 1. The monoisotopic (exact) mass is 335 g/mol. The summed E-state index contributed by atoms with van der Waals surface area (Å²) in [5, 5.41) is 3.70. The zero-order valence-electron chi connectivity index (χ0n) is 13.1. The number of amides is 1. The average Bonchev–Trinajstić information content (AvgIpc) is 2.55. The topological polar surface area (TPSA) is 84.7 Å². The van der Waals surface area contributed by atoms with Gasteiger partial charge in [0.2, 0.25) is 5.91 Å². The normalized spacial score (nSPS) is 15.1. The number of ether oxygens (including phenoxy) is 1. The number of nitrogens with two attached hydrogens (primary N) is 1. The van der Waals surface area contributed by atoms with Crippen LogP contribution < -0.4 is 11.1 Å². The summed E-state index contributed by atoms with van der Waals surface area (Å²) in [4.78, 5) is 24.9. The first kappa shape index (κ1) is 17.2. The first-order valence-corrected chi connectivity index (χ1v) is 8.04. The van der Waals surface area contributed by atoms with Crippen molar-refractivity contribution < 1.29 is 14.3 Å². The Morgan fingerprint density at radius 2 is 2.09 bits per heavy atom. The molecule has 2 rings (SSSR count). The van der Waals surface area contributed by atoms with Gasteiger partial charge in [-0.05, 0) is 50.2 Å². The summed E-state index contributed by atoms with van der Waals surface area (Å²) in [6, 6.07) is 7.02. The van der Waals surface area contributed by atoms with Crippen LogP contribution in [0.2, 0.25) is 0 Å². The van der Waals surface area contributed by atoms with Crippen molar-refractivity contribution >= 4 is 34.9 Å². The molecule has 23 heavy (non-hydrogen) atoms. The summed E-state index contributed by atoms with van der Waals surface area (Å²) in [5.74, 6) is -0.670. The minimum Gasteiger partial charge on any atom is -0.462 e. The van der Waals surface area contributed by atoms with Crippen molar-refractivity contribution in [1.29, 1.82) is 0 Å². The lowest BCUT2D eigenvalue weighted by Crippen LogP contribution is -2.43. The predicted molar refractivity (Wildman–Crippen MR) is 92.1 cm³/mol. The van der Waals surface area contributed by atoms with Gasteiger partial charge < -0.3 is 20.7 Å². The van der Waals surface area contributed by atoms with E-state index in [0.717, 1.165) is 5.69 Å². The summed E-state index contributed by atoms with van der Waals surface area (Å²) in [6.45, 7) is 3.49. The molecule has 0 saturated carbocycles. The largest absolute Gasteiger partial charge is 0.462 e. The van der Waals surface area contributed by atoms with Gasteiger partial charge in [-0.15, -0.1) is 0 Å². The number of hydrogen-bond acceptors (Lipinski definition) is 4. The molecule has 6 nitrogen and oxygen atoms in total. The first-order valence-electron chi connectivity index (χ1n) is 7.63. The summed E-state index contributed by atoms with van der Waals surface area (Å²) in [5.41, 5.74) is 6.54. The van der Waals surface area contributed by atoms with Crippen molar-refractivity contribution in [2.75, 3.05) is 25.0 Å². The third-order valence-corrected chi connectivity index (χ3v) is 4.17. The smallest absolute Gasteiger partial charge is 0.338 e. The third-order valence-electron chi connectivity index (χ3n) is 3.81. The van der Waals surface area contributed by atoms with Crippen LogP contribution in [0.25, 0.3) is 0 Å². The number of esters is 1. The molecule has 7 heteroatoms. The van der Waals surface area contributed by atoms with Crippen LogP contribution in [-0.4, -0.2) is 41.6 Å². The summed E-state index contributed by atoms with van der Waals surface area (Å²) >= 11 is 5.40. The highest BCUT2D eigenvalue weighted by molar-refractivity contribution is 7.80. The van der Waals surface area contributed by atoms with E-state index in [1.165, 1.54) is 0 Å². The molecule has 0 unspecified atom stereocenters. The van der Waals surface area contributed by atoms with Crippen LogP contribution in [0, 0.1) is 5.92 Å². The fourth-order valence-electron chi connectivity index (χ4n) is 2.51. The predicted octanol–water partition coefficient (Wildman–Crippen LogP) is 1.76. The Labute approximate surface area is 141 Å². The van der Waals surface area contributed by atoms with Crippen molar-refractivity contribution in [3.63, 3.8) is 0 Å². The molecule has 0 aromatic heterocycles. The fraction of sp³-hybridized carbons (Fsp3) is 0.438. The van der Waals surface area contributed by atoms with E-state index in [1.54, 1.807) is 25.1 Å². The zero-order valence-corrected chi connectivity index (χ0v) is 13.9. The Bertz CT molecular complexity index is 598. The number of hydrogen-bond donors (Lipinski definition) is 2. The highest BCUT2D eigenvalue weighted by Gasteiger charge is 2.24. The van der Waals surface area contributed by atoms with Gasteiger partial charge in [-0.2, -0.15) is 0 Å². The molecule has 1 heterocycles. The molecule has 1 aromatic carbocycles. The molecule has 0 bridgehead atoms. The molecule has 124 valence electrons. The zero-order chi connectivity index (χ0) is 16.8. The van der Waals surface area contributed by atoms with Crippen molar-refractivity contribution in [3.05, 3.63) is 29.8 Å². The van der Waals surface area contributed by atoms with Gasteiger partial charge in [-0.1, -0.05) is 6.07 Å². The Balaban J connectivity index is 1.94. The van der Waals surface area contributed by atoms with Crippen LogP contribution in [0.15, 0.2) is 24.3 Å². The molecule has 1 aliphatic rings. The van der Waals surface area contributed by atoms with Crippen molar-refractivity contribution in [3.8, 4) is 0 Å². The Hall–Kier alpha value is -2.15. The number of anilines is 1. The number of carbonyl (C=O) groups is 2. The average molecular weight is 335 g/mol. The van der Waals surface area contributed by atoms with Crippen LogP contribution in [0.5, 0.6) is 0 Å². The van der Waals surface area contributed by atoms with Crippen molar-refractivity contribution in [2.45, 2.75) is 19.8 Å². The van der Waals surface area contributed by atoms with E-state index in [4.69, 9.17) is 22.7 Å². The SMILES string of the molecule is CCOC(=O)c1cccc(NC(=S)N2CCC(C(N)=O)CC2)c1. The van der Waals surface area contributed by atoms with Crippen LogP contribution >= 0.6 is 12.2 Å². The molecule has 1 amide bonds. The fourth-order valence-corrected chi connectivity index (χ4v) is 2.81. The highest BCUT2D eigenvalue weighted by Crippen LogP contribution is 2.18. The maximum Gasteiger partial charge on any atom is 0.338 e. The van der Waals surface area contributed by atoms with Gasteiger partial charge in [0.15, 0.2) is 5.11 Å². The van der Waals surface area contributed by atoms with Crippen LogP contribution in [-0.2, 0) is 9.53 Å². The maximum absolute atomic E-state index is 11.7. The Morgan fingerprint density at radius 3 is 2.70 bits per heavy atom. The Morgan fingerprint density at radius 1 is 1.39 bits per heavy atom. The van der Waals surface area contributed by atoms with Crippen molar-refractivity contribution in [1.82, 2.24) is 4.90 Å². The van der Waals surface area contributed by atoms with E-state index < -0.39 is 0 Å². The summed E-state index contributed by atoms with van der Waals surface area (Å²) in [6.07, 6.45) is 1.42. The van der Waals surface area contributed by atoms with E-state index in [2.05, 4.69) is 5.32 Å². The van der Waals surface area contributed by atoms with Gasteiger partial charge in [0.25, 0.3) is 0 Å². The first-order chi connectivity index (χ1) is 11.0. The van der Waals surface area contributed by atoms with E-state index in [1.807, 2.05) is 11.0 Å². The van der Waals surface area contributed by atoms with Gasteiger partial charge in [0.1, 0.15) is 0 Å². The molecular formula is C16H21N3O3S. The van der Waals surface area contributed by atoms with Crippen molar-refractivity contribution in [2.24, 2.45) is 11.7 Å². The third kappa shape index (κ3) is 4.66. The number of nitrogens with one attached hydrogen (secondary N) is 1. The minimum atomic E-state index is -0.357. The highest BCUT2D eigenvalue weighted by atomic mass is 32.1. The lowest BCUT2D eigenvalue weighted by Gasteiger charge is -2.32. The maximum atomic E-state index is 11.7. The molecule has 1 saturated heterocycles. The van der Waals surface area contributed by atoms with Gasteiger partial charge >= 0.3 is 5.97 Å². The molecule has 1 aliphatic heterocycles. The number of benzene rings is 1. The molecular weight excluding hydrogens is 314 g/mol. The standard InChI is InChI=1S/C16H21N3O3S/c1-2-22-15(21)12-4-3-5-13(10-12)18-16(23)19-8-6-11(7-9-19)14(17)20/h3-5,10-11H,2,6-9H2,1H3,(H2,17,20)(H,18,23). The van der Waals surface area contributed by atoms with E-state index in [9.17, 15) is 9.59 Å². The molecule has 3 N–H and O–H groups in total. The van der Waals surface area contributed by atoms with Gasteiger partial charge in [0, 0.05) is 24.7 Å². The minimum absolute atomic E-state index is 0.0683. The lowest BCUT2D eigenvalue weighted by molar-refractivity contribution is -0.122. The molecule has 1 fully saturated rings. The quantitative estimate of drug-likeness (QED) is 0.644. The number of primary amides is 1. The van der Waals surface area contributed by atoms with Gasteiger partial charge in [-0.3, -0.25) is 4.79 Å². The number of likely N-dealkylation sites (tertiary alicyclic amines) is 1. The van der Waals surface area contributed by atoms with Crippen LogP contribution in [0.1, 0.15) is 30.1 Å². The van der Waals surface area contributed by atoms with E-state index >= 15 is 0 Å².